The van der Waals surface area contributed by atoms with E-state index in [0.29, 0.717) is 4.88 Å². The van der Waals surface area contributed by atoms with E-state index in [9.17, 15) is 14.4 Å². The highest BCUT2D eigenvalue weighted by molar-refractivity contribution is 7.14. The molecule has 0 aromatic carbocycles. The zero-order chi connectivity index (χ0) is 14.6. The lowest BCUT2D eigenvalue weighted by molar-refractivity contribution is -0.140. The van der Waals surface area contributed by atoms with Crippen LogP contribution in [0, 0.1) is 6.92 Å². The molecular weight excluding hydrogens is 270 g/mol. The number of amides is 1. The fourth-order valence-electron chi connectivity index (χ4n) is 1.66. The fourth-order valence-corrected chi connectivity index (χ4v) is 2.74. The summed E-state index contributed by atoms with van der Waals surface area (Å²) >= 11 is 1.25. The van der Waals surface area contributed by atoms with Crippen molar-refractivity contribution in [2.45, 2.75) is 20.3 Å². The molecule has 19 heavy (non-hydrogen) atoms. The summed E-state index contributed by atoms with van der Waals surface area (Å²) in [6.45, 7) is 2.58. The van der Waals surface area contributed by atoms with Crippen molar-refractivity contribution in [2.75, 3.05) is 13.1 Å². The van der Waals surface area contributed by atoms with Gasteiger partial charge in [-0.05, 0) is 25.0 Å². The van der Waals surface area contributed by atoms with Gasteiger partial charge in [0.25, 0.3) is 5.91 Å². The second-order valence-corrected chi connectivity index (χ2v) is 5.25. The number of thiophene rings is 1. The summed E-state index contributed by atoms with van der Waals surface area (Å²) in [5, 5.41) is 17.4. The number of aryl methyl sites for hydroxylation is 2. The molecule has 0 radical (unpaired) electrons. The molecule has 1 aromatic heterocycles. The molecule has 2 N–H and O–H groups in total. The lowest BCUT2D eigenvalue weighted by Gasteiger charge is -2.17. The van der Waals surface area contributed by atoms with Crippen LogP contribution in [-0.4, -0.2) is 46.0 Å². The van der Waals surface area contributed by atoms with Gasteiger partial charge in [0.1, 0.15) is 13.1 Å². The van der Waals surface area contributed by atoms with E-state index in [4.69, 9.17) is 10.2 Å². The monoisotopic (exact) mass is 285 g/mol. The first-order valence-corrected chi connectivity index (χ1v) is 6.49. The Kier molecular flexibility index (Phi) is 5.05. The summed E-state index contributed by atoms with van der Waals surface area (Å²) in [7, 11) is 0. The number of hydrogen-bond donors (Lipinski definition) is 2. The van der Waals surface area contributed by atoms with Crippen molar-refractivity contribution in [1.82, 2.24) is 4.90 Å². The third-order valence-electron chi connectivity index (χ3n) is 2.55. The van der Waals surface area contributed by atoms with Gasteiger partial charge < -0.3 is 15.1 Å². The summed E-state index contributed by atoms with van der Waals surface area (Å²) in [4.78, 5) is 35.6. The predicted octanol–water partition coefficient (Wildman–Crippen LogP) is 1.23. The lowest BCUT2D eigenvalue weighted by Crippen LogP contribution is -2.39. The molecule has 0 saturated heterocycles. The first-order valence-electron chi connectivity index (χ1n) is 5.67. The van der Waals surface area contributed by atoms with Crippen LogP contribution in [0.4, 0.5) is 0 Å². The quantitative estimate of drug-likeness (QED) is 0.819. The van der Waals surface area contributed by atoms with E-state index in [1.54, 1.807) is 6.07 Å². The summed E-state index contributed by atoms with van der Waals surface area (Å²) in [5.74, 6) is -3.03. The zero-order valence-corrected chi connectivity index (χ0v) is 11.5. The Morgan fingerprint density at radius 3 is 2.11 bits per heavy atom. The van der Waals surface area contributed by atoms with E-state index >= 15 is 0 Å². The van der Waals surface area contributed by atoms with Crippen LogP contribution in [0.15, 0.2) is 6.07 Å². The third-order valence-corrected chi connectivity index (χ3v) is 3.63. The average Bonchev–Trinajstić information content (AvgIpc) is 2.67. The number of carbonyl (C=O) groups is 3. The Hall–Kier alpha value is -1.89. The van der Waals surface area contributed by atoms with Crippen LogP contribution in [0.1, 0.15) is 27.0 Å². The van der Waals surface area contributed by atoms with Gasteiger partial charge in [-0.25, -0.2) is 0 Å². The van der Waals surface area contributed by atoms with Crippen LogP contribution in [0.5, 0.6) is 0 Å². The highest BCUT2D eigenvalue weighted by Crippen LogP contribution is 2.23. The van der Waals surface area contributed by atoms with Crippen molar-refractivity contribution >= 4 is 29.2 Å². The standard InChI is InChI=1S/C12H15NO5S/c1-3-8-4-9(19-7(8)2)12(18)13(5-10(14)15)6-11(16)17/h4H,3,5-6H2,1-2H3,(H,14,15)(H,16,17). The summed E-state index contributed by atoms with van der Waals surface area (Å²) < 4.78 is 0. The Balaban J connectivity index is 2.96. The Labute approximate surface area is 114 Å². The first-order chi connectivity index (χ1) is 8.85. The lowest BCUT2D eigenvalue weighted by atomic mass is 10.2. The molecule has 1 amide bonds. The predicted molar refractivity (Wildman–Crippen MR) is 69.6 cm³/mol. The molecule has 104 valence electrons. The second-order valence-electron chi connectivity index (χ2n) is 3.99. The van der Waals surface area contributed by atoms with Crippen LogP contribution in [0.3, 0.4) is 0 Å². The number of nitrogens with zero attached hydrogens (tertiary/aromatic N) is 1. The highest BCUT2D eigenvalue weighted by Gasteiger charge is 2.23. The van der Waals surface area contributed by atoms with E-state index in [-0.39, 0.29) is 0 Å². The summed E-state index contributed by atoms with van der Waals surface area (Å²) in [6, 6.07) is 1.69. The topological polar surface area (TPSA) is 94.9 Å². The molecule has 6 nitrogen and oxygen atoms in total. The largest absolute Gasteiger partial charge is 0.480 e. The van der Waals surface area contributed by atoms with Gasteiger partial charge >= 0.3 is 11.9 Å². The molecule has 0 atom stereocenters. The van der Waals surface area contributed by atoms with Crippen molar-refractivity contribution in [1.29, 1.82) is 0 Å². The van der Waals surface area contributed by atoms with Gasteiger partial charge in [0.05, 0.1) is 4.88 Å². The summed E-state index contributed by atoms with van der Waals surface area (Å²) in [6.07, 6.45) is 0.771. The molecule has 0 bridgehead atoms. The third kappa shape index (κ3) is 4.06. The van der Waals surface area contributed by atoms with Crippen LogP contribution in [0.25, 0.3) is 0 Å². The average molecular weight is 285 g/mol. The molecule has 0 saturated carbocycles. The van der Waals surface area contributed by atoms with Gasteiger partial charge in [0, 0.05) is 4.88 Å². The van der Waals surface area contributed by atoms with Crippen molar-refractivity contribution in [3.05, 3.63) is 21.4 Å². The van der Waals surface area contributed by atoms with E-state index in [0.717, 1.165) is 21.8 Å². The van der Waals surface area contributed by atoms with E-state index in [1.165, 1.54) is 11.3 Å². The number of carboxylic acid groups (broad SMARTS) is 2. The second kappa shape index (κ2) is 6.33. The number of carboxylic acids is 2. The minimum Gasteiger partial charge on any atom is -0.480 e. The van der Waals surface area contributed by atoms with Gasteiger partial charge in [-0.3, -0.25) is 14.4 Å². The van der Waals surface area contributed by atoms with Crippen LogP contribution < -0.4 is 0 Å². The Bertz CT molecular complexity index is 492. The van der Waals surface area contributed by atoms with E-state index in [1.807, 2.05) is 13.8 Å². The minimum absolute atomic E-state index is 0.372. The van der Waals surface area contributed by atoms with Crippen molar-refractivity contribution in [3.63, 3.8) is 0 Å². The van der Waals surface area contributed by atoms with Crippen LogP contribution >= 0.6 is 11.3 Å². The van der Waals surface area contributed by atoms with E-state index < -0.39 is 30.9 Å². The molecule has 1 rings (SSSR count). The Morgan fingerprint density at radius 2 is 1.74 bits per heavy atom. The molecule has 7 heteroatoms. The van der Waals surface area contributed by atoms with Crippen LogP contribution in [0.2, 0.25) is 0 Å². The van der Waals surface area contributed by atoms with Gasteiger partial charge in [-0.1, -0.05) is 6.92 Å². The molecule has 0 aliphatic rings. The van der Waals surface area contributed by atoms with Crippen molar-refractivity contribution in [3.8, 4) is 0 Å². The van der Waals surface area contributed by atoms with E-state index in [2.05, 4.69) is 0 Å². The van der Waals surface area contributed by atoms with Crippen molar-refractivity contribution in [2.24, 2.45) is 0 Å². The number of hydrogen-bond acceptors (Lipinski definition) is 4. The molecule has 0 fully saturated rings. The van der Waals surface area contributed by atoms with Gasteiger partial charge in [0.15, 0.2) is 0 Å². The highest BCUT2D eigenvalue weighted by atomic mass is 32.1. The first kappa shape index (κ1) is 15.2. The number of rotatable bonds is 6. The smallest absolute Gasteiger partial charge is 0.323 e. The molecule has 0 spiro atoms. The maximum absolute atomic E-state index is 12.1. The Morgan fingerprint density at radius 1 is 1.21 bits per heavy atom. The number of aliphatic carboxylic acids is 2. The van der Waals surface area contributed by atoms with Gasteiger partial charge in [0.2, 0.25) is 0 Å². The molecular formula is C12H15NO5S. The molecule has 0 aliphatic carbocycles. The number of carbonyl (C=O) groups excluding carboxylic acids is 1. The van der Waals surface area contributed by atoms with Crippen molar-refractivity contribution < 1.29 is 24.6 Å². The molecule has 1 aromatic rings. The molecule has 0 unspecified atom stereocenters. The normalized spacial score (nSPS) is 10.2. The maximum Gasteiger partial charge on any atom is 0.323 e. The SMILES string of the molecule is CCc1cc(C(=O)N(CC(=O)O)CC(=O)O)sc1C. The van der Waals surface area contributed by atoms with Gasteiger partial charge in [-0.2, -0.15) is 0 Å². The van der Waals surface area contributed by atoms with Gasteiger partial charge in [-0.15, -0.1) is 11.3 Å². The minimum atomic E-state index is -1.24. The zero-order valence-electron chi connectivity index (χ0n) is 10.7. The molecule has 1 heterocycles. The summed E-state index contributed by atoms with van der Waals surface area (Å²) in [5.41, 5.74) is 1.01. The van der Waals surface area contributed by atoms with Crippen LogP contribution in [-0.2, 0) is 16.0 Å². The fraction of sp³-hybridized carbons (Fsp3) is 0.417. The molecule has 0 aliphatic heterocycles. The maximum atomic E-state index is 12.1.